The van der Waals surface area contributed by atoms with Crippen molar-refractivity contribution in [3.63, 3.8) is 0 Å². The largest absolute Gasteiger partial charge is 0.508 e. The number of fused-ring (bicyclic) bond motifs is 3. The molecule has 6 heteroatoms. The number of ether oxygens (including phenoxy) is 1. The summed E-state index contributed by atoms with van der Waals surface area (Å²) in [5.41, 5.74) is 2.51. The standard InChI is InChI=1S/C19H22FN3O2/c1-12(11-22-5-7-25-8-6-22)23-17-9-14(24)3-4-15(17)16-10-18(20)21-13(2)19(16)23/h3-4,9-10,12,24H,5-8,11H2,1-2H3. The van der Waals surface area contributed by atoms with E-state index in [1.807, 2.05) is 13.0 Å². The zero-order chi connectivity index (χ0) is 17.6. The van der Waals surface area contributed by atoms with Crippen LogP contribution in [-0.4, -0.2) is 52.4 Å². The van der Waals surface area contributed by atoms with E-state index in [1.54, 1.807) is 12.1 Å². The number of hydrogen-bond donors (Lipinski definition) is 1. The number of morpholine rings is 1. The van der Waals surface area contributed by atoms with Crippen LogP contribution in [0, 0.1) is 12.9 Å². The first-order valence-corrected chi connectivity index (χ1v) is 8.64. The van der Waals surface area contributed by atoms with E-state index in [4.69, 9.17) is 4.74 Å². The summed E-state index contributed by atoms with van der Waals surface area (Å²) in [5, 5.41) is 11.8. The van der Waals surface area contributed by atoms with Crippen molar-refractivity contribution in [1.29, 1.82) is 0 Å². The number of benzene rings is 1. The summed E-state index contributed by atoms with van der Waals surface area (Å²) in [6.07, 6.45) is 0. The van der Waals surface area contributed by atoms with E-state index < -0.39 is 5.95 Å². The molecule has 5 nitrogen and oxygen atoms in total. The Hall–Kier alpha value is -2.18. The molecule has 1 atom stereocenters. The summed E-state index contributed by atoms with van der Waals surface area (Å²) in [6.45, 7) is 8.20. The highest BCUT2D eigenvalue weighted by Gasteiger charge is 2.21. The lowest BCUT2D eigenvalue weighted by molar-refractivity contribution is 0.0330. The normalized spacial score (nSPS) is 17.4. The van der Waals surface area contributed by atoms with Crippen LogP contribution in [0.1, 0.15) is 18.7 Å². The minimum Gasteiger partial charge on any atom is -0.508 e. The van der Waals surface area contributed by atoms with Gasteiger partial charge in [0.15, 0.2) is 0 Å². The fourth-order valence-electron chi connectivity index (χ4n) is 3.90. The zero-order valence-electron chi connectivity index (χ0n) is 14.5. The van der Waals surface area contributed by atoms with E-state index in [0.717, 1.165) is 54.7 Å². The lowest BCUT2D eigenvalue weighted by Crippen LogP contribution is -2.39. The third-order valence-electron chi connectivity index (χ3n) is 4.97. The van der Waals surface area contributed by atoms with Gasteiger partial charge in [0.05, 0.1) is 29.9 Å². The number of phenolic OH excluding ortho intramolecular Hbond substituents is 1. The van der Waals surface area contributed by atoms with Crippen LogP contribution >= 0.6 is 0 Å². The highest BCUT2D eigenvalue weighted by molar-refractivity contribution is 6.09. The molecular formula is C19H22FN3O2. The summed E-state index contributed by atoms with van der Waals surface area (Å²) in [4.78, 5) is 6.40. The van der Waals surface area contributed by atoms with Gasteiger partial charge in [0.25, 0.3) is 0 Å². The second-order valence-corrected chi connectivity index (χ2v) is 6.76. The van der Waals surface area contributed by atoms with Gasteiger partial charge in [-0.25, -0.2) is 4.98 Å². The second-order valence-electron chi connectivity index (χ2n) is 6.76. The highest BCUT2D eigenvalue weighted by atomic mass is 19.1. The van der Waals surface area contributed by atoms with Crippen LogP contribution in [0.15, 0.2) is 24.3 Å². The summed E-state index contributed by atoms with van der Waals surface area (Å²) in [7, 11) is 0. The number of rotatable bonds is 3. The molecule has 3 aromatic rings. The molecule has 132 valence electrons. The number of halogens is 1. The third-order valence-corrected chi connectivity index (χ3v) is 4.97. The molecule has 0 bridgehead atoms. The van der Waals surface area contributed by atoms with Crippen molar-refractivity contribution >= 4 is 21.8 Å². The Morgan fingerprint density at radius 1 is 1.24 bits per heavy atom. The number of aryl methyl sites for hydroxylation is 1. The fourth-order valence-corrected chi connectivity index (χ4v) is 3.90. The summed E-state index contributed by atoms with van der Waals surface area (Å²) >= 11 is 0. The monoisotopic (exact) mass is 343 g/mol. The Morgan fingerprint density at radius 3 is 2.76 bits per heavy atom. The number of aromatic nitrogens is 2. The number of phenols is 1. The van der Waals surface area contributed by atoms with Crippen LogP contribution in [0.2, 0.25) is 0 Å². The summed E-state index contributed by atoms with van der Waals surface area (Å²) in [5.74, 6) is -0.265. The van der Waals surface area contributed by atoms with Crippen molar-refractivity contribution in [2.45, 2.75) is 19.9 Å². The molecular weight excluding hydrogens is 321 g/mol. The van der Waals surface area contributed by atoms with Crippen LogP contribution in [0.25, 0.3) is 21.8 Å². The van der Waals surface area contributed by atoms with Crippen LogP contribution in [0.5, 0.6) is 5.75 Å². The molecule has 0 aliphatic carbocycles. The Kier molecular flexibility index (Phi) is 4.09. The number of aromatic hydroxyl groups is 1. The second kappa shape index (κ2) is 6.28. The first-order valence-electron chi connectivity index (χ1n) is 8.64. The van der Waals surface area contributed by atoms with E-state index in [9.17, 15) is 9.50 Å². The van der Waals surface area contributed by atoms with Crippen LogP contribution in [0.3, 0.4) is 0 Å². The van der Waals surface area contributed by atoms with Crippen LogP contribution in [-0.2, 0) is 4.74 Å². The molecule has 1 N–H and O–H groups in total. The quantitative estimate of drug-likeness (QED) is 0.742. The maximum absolute atomic E-state index is 13.9. The van der Waals surface area contributed by atoms with Crippen LogP contribution in [0.4, 0.5) is 4.39 Å². The maximum Gasteiger partial charge on any atom is 0.213 e. The van der Waals surface area contributed by atoms with Gasteiger partial charge in [-0.05, 0) is 26.0 Å². The first-order chi connectivity index (χ1) is 12.0. The smallest absolute Gasteiger partial charge is 0.213 e. The van der Waals surface area contributed by atoms with Gasteiger partial charge in [0.2, 0.25) is 5.95 Å². The molecule has 1 aliphatic rings. The summed E-state index contributed by atoms with van der Waals surface area (Å²) < 4.78 is 21.5. The van der Waals surface area contributed by atoms with Crippen molar-refractivity contribution in [2.75, 3.05) is 32.8 Å². The molecule has 0 radical (unpaired) electrons. The average Bonchev–Trinajstić information content (AvgIpc) is 2.89. The summed E-state index contributed by atoms with van der Waals surface area (Å²) in [6, 6.07) is 6.89. The molecule has 0 amide bonds. The lowest BCUT2D eigenvalue weighted by Gasteiger charge is -2.30. The zero-order valence-corrected chi connectivity index (χ0v) is 14.5. The molecule has 1 aliphatic heterocycles. The van der Waals surface area contributed by atoms with E-state index in [0.29, 0.717) is 5.69 Å². The average molecular weight is 343 g/mol. The van der Waals surface area contributed by atoms with Gasteiger partial charge in [-0.3, -0.25) is 4.90 Å². The van der Waals surface area contributed by atoms with Gasteiger partial charge in [0, 0.05) is 48.6 Å². The Bertz CT molecular complexity index is 931. The number of pyridine rings is 1. The first kappa shape index (κ1) is 16.3. The van der Waals surface area contributed by atoms with Gasteiger partial charge in [-0.15, -0.1) is 0 Å². The molecule has 1 saturated heterocycles. The fraction of sp³-hybridized carbons (Fsp3) is 0.421. The van der Waals surface area contributed by atoms with Crippen molar-refractivity contribution in [1.82, 2.24) is 14.5 Å². The third kappa shape index (κ3) is 2.85. The van der Waals surface area contributed by atoms with Gasteiger partial charge >= 0.3 is 0 Å². The predicted molar refractivity (Wildman–Crippen MR) is 95.6 cm³/mol. The molecule has 25 heavy (non-hydrogen) atoms. The van der Waals surface area contributed by atoms with Gasteiger partial charge in [-0.1, -0.05) is 0 Å². The van der Waals surface area contributed by atoms with E-state index in [1.165, 1.54) is 6.07 Å². The molecule has 0 saturated carbocycles. The number of nitrogens with zero attached hydrogens (tertiary/aromatic N) is 3. The molecule has 1 aromatic carbocycles. The SMILES string of the molecule is Cc1nc(F)cc2c3ccc(O)cc3n(C(C)CN3CCOCC3)c12. The van der Waals surface area contributed by atoms with Gasteiger partial charge < -0.3 is 14.4 Å². The number of hydrogen-bond acceptors (Lipinski definition) is 4. The molecule has 2 aromatic heterocycles. The van der Waals surface area contributed by atoms with Crippen molar-refractivity contribution < 1.29 is 14.2 Å². The van der Waals surface area contributed by atoms with E-state index >= 15 is 0 Å². The van der Waals surface area contributed by atoms with Crippen molar-refractivity contribution in [3.05, 3.63) is 35.9 Å². The highest BCUT2D eigenvalue weighted by Crippen LogP contribution is 2.35. The van der Waals surface area contributed by atoms with Crippen LogP contribution < -0.4 is 0 Å². The molecule has 1 unspecified atom stereocenters. The Labute approximate surface area is 145 Å². The van der Waals surface area contributed by atoms with E-state index in [-0.39, 0.29) is 11.8 Å². The lowest BCUT2D eigenvalue weighted by atomic mass is 10.1. The Balaban J connectivity index is 1.88. The Morgan fingerprint density at radius 2 is 2.00 bits per heavy atom. The topological polar surface area (TPSA) is 50.5 Å². The minimum absolute atomic E-state index is 0.158. The van der Waals surface area contributed by atoms with Gasteiger partial charge in [0.1, 0.15) is 5.75 Å². The predicted octanol–water partition coefficient (Wildman–Crippen LogP) is 3.24. The van der Waals surface area contributed by atoms with Crippen molar-refractivity contribution in [3.8, 4) is 5.75 Å². The maximum atomic E-state index is 13.9. The molecule has 1 fully saturated rings. The minimum atomic E-state index is -0.474. The molecule has 0 spiro atoms. The van der Waals surface area contributed by atoms with E-state index in [2.05, 4.69) is 21.4 Å². The van der Waals surface area contributed by atoms with Crippen molar-refractivity contribution in [2.24, 2.45) is 0 Å². The van der Waals surface area contributed by atoms with Gasteiger partial charge in [-0.2, -0.15) is 4.39 Å². The molecule has 4 rings (SSSR count). The molecule has 3 heterocycles.